The van der Waals surface area contributed by atoms with Gasteiger partial charge >= 0.3 is 12.3 Å². The van der Waals surface area contributed by atoms with Crippen LogP contribution >= 0.6 is 0 Å². The predicted molar refractivity (Wildman–Crippen MR) is 125 cm³/mol. The smallest absolute Gasteiger partial charge is 0.482 e. The minimum atomic E-state index is -4.79. The second-order valence-corrected chi connectivity index (χ2v) is 7.79. The molecule has 0 aliphatic rings. The Morgan fingerprint density at radius 3 is 2.44 bits per heavy atom. The highest BCUT2D eigenvalue weighted by Crippen LogP contribution is 2.34. The first-order chi connectivity index (χ1) is 17.2. The Morgan fingerprint density at radius 1 is 1.03 bits per heavy atom. The molecule has 4 aromatic rings. The third kappa shape index (κ3) is 6.07. The zero-order chi connectivity index (χ0) is 25.7. The molecule has 1 N–H and O–H groups in total. The SMILES string of the molecule is CCOC(=O)COc1ccc(OC(c2ccc(OC(F)(F)F)cc2)c2[nH]nc3ccccc23)cc1C. The Hall–Kier alpha value is -4.21. The van der Waals surface area contributed by atoms with Gasteiger partial charge < -0.3 is 18.9 Å². The molecule has 10 heteroatoms. The van der Waals surface area contributed by atoms with Crippen molar-refractivity contribution >= 4 is 16.9 Å². The maximum Gasteiger partial charge on any atom is 0.573 e. The normalized spacial score (nSPS) is 12.2. The molecule has 188 valence electrons. The summed E-state index contributed by atoms with van der Waals surface area (Å²) in [5.41, 5.74) is 2.66. The number of ether oxygens (including phenoxy) is 4. The van der Waals surface area contributed by atoms with E-state index in [0.29, 0.717) is 22.8 Å². The van der Waals surface area contributed by atoms with E-state index in [2.05, 4.69) is 14.9 Å². The van der Waals surface area contributed by atoms with Crippen molar-refractivity contribution in [2.45, 2.75) is 26.3 Å². The number of alkyl halides is 3. The van der Waals surface area contributed by atoms with Gasteiger partial charge in [0.15, 0.2) is 12.7 Å². The molecule has 0 saturated carbocycles. The van der Waals surface area contributed by atoms with Crippen LogP contribution in [0.1, 0.15) is 29.8 Å². The molecule has 0 amide bonds. The molecule has 0 bridgehead atoms. The van der Waals surface area contributed by atoms with Crippen LogP contribution < -0.4 is 14.2 Å². The first-order valence-corrected chi connectivity index (χ1v) is 11.1. The number of esters is 1. The Balaban J connectivity index is 1.62. The van der Waals surface area contributed by atoms with E-state index in [1.54, 1.807) is 32.0 Å². The summed E-state index contributed by atoms with van der Waals surface area (Å²) < 4.78 is 58.5. The molecular weight excluding hydrogens is 477 g/mol. The maximum atomic E-state index is 12.6. The molecular formula is C26H23F3N2O5. The topological polar surface area (TPSA) is 82.7 Å². The quantitative estimate of drug-likeness (QED) is 0.289. The Kier molecular flexibility index (Phi) is 7.33. The maximum absolute atomic E-state index is 12.6. The minimum absolute atomic E-state index is 0.218. The fraction of sp³-hybridized carbons (Fsp3) is 0.231. The first kappa shape index (κ1) is 24.9. The van der Waals surface area contributed by atoms with E-state index in [1.165, 1.54) is 24.3 Å². The van der Waals surface area contributed by atoms with Gasteiger partial charge in [0.25, 0.3) is 0 Å². The monoisotopic (exact) mass is 500 g/mol. The number of hydrogen-bond donors (Lipinski definition) is 1. The molecule has 0 aliphatic carbocycles. The van der Waals surface area contributed by atoms with Crippen LogP contribution in [0.2, 0.25) is 0 Å². The van der Waals surface area contributed by atoms with Gasteiger partial charge in [-0.25, -0.2) is 4.79 Å². The summed E-state index contributed by atoms with van der Waals surface area (Å²) in [6.45, 7) is 3.56. The van der Waals surface area contributed by atoms with Gasteiger partial charge in [-0.15, -0.1) is 13.2 Å². The van der Waals surface area contributed by atoms with Gasteiger partial charge in [0, 0.05) is 5.39 Å². The average Bonchev–Trinajstić information content (AvgIpc) is 3.26. The lowest BCUT2D eigenvalue weighted by molar-refractivity contribution is -0.274. The summed E-state index contributed by atoms with van der Waals surface area (Å²) in [4.78, 5) is 11.6. The molecule has 4 rings (SSSR count). The fourth-order valence-electron chi connectivity index (χ4n) is 3.65. The summed E-state index contributed by atoms with van der Waals surface area (Å²) in [6, 6.07) is 18.0. The number of aromatic nitrogens is 2. The van der Waals surface area contributed by atoms with Crippen molar-refractivity contribution in [3.63, 3.8) is 0 Å². The third-order valence-electron chi connectivity index (χ3n) is 5.22. The van der Waals surface area contributed by atoms with Gasteiger partial charge in [-0.05, 0) is 61.4 Å². The molecule has 0 saturated heterocycles. The number of benzene rings is 3. The highest BCUT2D eigenvalue weighted by Gasteiger charge is 2.31. The summed E-state index contributed by atoms with van der Waals surface area (Å²) in [5, 5.41) is 8.12. The first-order valence-electron chi connectivity index (χ1n) is 11.1. The molecule has 36 heavy (non-hydrogen) atoms. The molecule has 1 atom stereocenters. The van der Waals surface area contributed by atoms with E-state index in [4.69, 9.17) is 14.2 Å². The molecule has 0 spiro atoms. The lowest BCUT2D eigenvalue weighted by atomic mass is 10.0. The van der Waals surface area contributed by atoms with Gasteiger partial charge in [0.1, 0.15) is 17.2 Å². The van der Waals surface area contributed by atoms with Crippen LogP contribution in [-0.2, 0) is 9.53 Å². The summed E-state index contributed by atoms with van der Waals surface area (Å²) in [6.07, 6.45) is -5.51. The van der Waals surface area contributed by atoms with Crippen LogP contribution in [0.15, 0.2) is 66.7 Å². The zero-order valence-electron chi connectivity index (χ0n) is 19.5. The van der Waals surface area contributed by atoms with Crippen molar-refractivity contribution in [3.05, 3.63) is 83.6 Å². The number of fused-ring (bicyclic) bond motifs is 1. The second kappa shape index (κ2) is 10.6. The molecule has 0 radical (unpaired) electrons. The third-order valence-corrected chi connectivity index (χ3v) is 5.22. The van der Waals surface area contributed by atoms with Gasteiger partial charge in [-0.1, -0.05) is 30.3 Å². The van der Waals surface area contributed by atoms with Gasteiger partial charge in [-0.3, -0.25) is 5.10 Å². The molecule has 7 nitrogen and oxygen atoms in total. The van der Waals surface area contributed by atoms with Crippen LogP contribution in [0.3, 0.4) is 0 Å². The number of halogens is 3. The van der Waals surface area contributed by atoms with E-state index in [1.807, 2.05) is 24.3 Å². The number of aromatic amines is 1. The lowest BCUT2D eigenvalue weighted by Gasteiger charge is -2.20. The molecule has 1 aromatic heterocycles. The van der Waals surface area contributed by atoms with Crippen molar-refractivity contribution in [3.8, 4) is 17.2 Å². The molecule has 0 aliphatic heterocycles. The largest absolute Gasteiger partial charge is 0.573 e. The van der Waals surface area contributed by atoms with Crippen molar-refractivity contribution < 1.29 is 36.9 Å². The van der Waals surface area contributed by atoms with Crippen molar-refractivity contribution in [1.82, 2.24) is 10.2 Å². The van der Waals surface area contributed by atoms with E-state index < -0.39 is 18.4 Å². The lowest BCUT2D eigenvalue weighted by Crippen LogP contribution is -2.17. The van der Waals surface area contributed by atoms with E-state index in [-0.39, 0.29) is 19.0 Å². The summed E-state index contributed by atoms with van der Waals surface area (Å²) >= 11 is 0. The minimum Gasteiger partial charge on any atom is -0.482 e. The Bertz CT molecular complexity index is 1340. The Labute approximate surface area is 204 Å². The number of carbonyl (C=O) groups excluding carboxylic acids is 1. The highest BCUT2D eigenvalue weighted by molar-refractivity contribution is 5.82. The van der Waals surface area contributed by atoms with Crippen molar-refractivity contribution in [2.24, 2.45) is 0 Å². The van der Waals surface area contributed by atoms with Crippen LogP contribution in [-0.4, -0.2) is 35.7 Å². The summed E-state index contributed by atoms with van der Waals surface area (Å²) in [7, 11) is 0. The number of para-hydroxylation sites is 1. The van der Waals surface area contributed by atoms with Crippen molar-refractivity contribution in [2.75, 3.05) is 13.2 Å². The van der Waals surface area contributed by atoms with E-state index in [0.717, 1.165) is 16.5 Å². The number of aryl methyl sites for hydroxylation is 1. The number of hydrogen-bond acceptors (Lipinski definition) is 6. The Morgan fingerprint density at radius 2 is 1.75 bits per heavy atom. The van der Waals surface area contributed by atoms with Crippen LogP contribution in [0.25, 0.3) is 10.9 Å². The van der Waals surface area contributed by atoms with Crippen LogP contribution in [0, 0.1) is 6.92 Å². The number of H-pyrrole nitrogens is 1. The zero-order valence-corrected chi connectivity index (χ0v) is 19.5. The highest BCUT2D eigenvalue weighted by atomic mass is 19.4. The van der Waals surface area contributed by atoms with Gasteiger partial charge in [0.05, 0.1) is 17.8 Å². The average molecular weight is 500 g/mol. The number of nitrogens with zero attached hydrogens (tertiary/aromatic N) is 1. The van der Waals surface area contributed by atoms with E-state index in [9.17, 15) is 18.0 Å². The number of rotatable bonds is 9. The van der Waals surface area contributed by atoms with Crippen LogP contribution in [0.4, 0.5) is 13.2 Å². The van der Waals surface area contributed by atoms with Crippen molar-refractivity contribution in [1.29, 1.82) is 0 Å². The molecule has 1 heterocycles. The predicted octanol–water partition coefficient (Wildman–Crippen LogP) is 5.88. The molecule has 3 aromatic carbocycles. The number of carbonyl (C=O) groups is 1. The number of nitrogens with one attached hydrogen (secondary N) is 1. The standard InChI is InChI=1S/C26H23F3N2O5/c1-3-33-23(32)15-34-22-13-12-19(14-16(22)2)35-25(24-20-6-4-5-7-21(20)30-31-24)17-8-10-18(11-9-17)36-26(27,28)29/h4-14,25H,3,15H2,1-2H3,(H,30,31). The fourth-order valence-corrected chi connectivity index (χ4v) is 3.65. The summed E-state index contributed by atoms with van der Waals surface area (Å²) in [5.74, 6) is 0.169. The molecule has 1 unspecified atom stereocenters. The van der Waals surface area contributed by atoms with Crippen LogP contribution in [0.5, 0.6) is 17.2 Å². The van der Waals surface area contributed by atoms with Gasteiger partial charge in [-0.2, -0.15) is 5.10 Å². The van der Waals surface area contributed by atoms with E-state index >= 15 is 0 Å². The second-order valence-electron chi connectivity index (χ2n) is 7.79. The van der Waals surface area contributed by atoms with Gasteiger partial charge in [0.2, 0.25) is 0 Å². The molecule has 0 fully saturated rings.